The lowest BCUT2D eigenvalue weighted by atomic mass is 10.2. The van der Waals surface area contributed by atoms with Crippen molar-refractivity contribution in [1.29, 1.82) is 0 Å². The van der Waals surface area contributed by atoms with Gasteiger partial charge in [-0.1, -0.05) is 6.92 Å². The molecular weight excluding hydrogens is 214 g/mol. The largest absolute Gasteiger partial charge is 0.378 e. The first kappa shape index (κ1) is 14.3. The number of nitrogens with zero attached hydrogens (tertiary/aromatic N) is 1. The van der Waals surface area contributed by atoms with Crippen LogP contribution in [0.5, 0.6) is 0 Å². The van der Waals surface area contributed by atoms with Crippen molar-refractivity contribution < 1.29 is 4.74 Å². The van der Waals surface area contributed by atoms with Crippen LogP contribution in [0.3, 0.4) is 0 Å². The van der Waals surface area contributed by atoms with E-state index < -0.39 is 0 Å². The zero-order valence-corrected chi connectivity index (χ0v) is 11.5. The molecule has 0 spiro atoms. The maximum atomic E-state index is 5.59. The van der Waals surface area contributed by atoms with Crippen LogP contribution >= 0.6 is 0 Å². The monoisotopic (exact) mass is 241 g/mol. The van der Waals surface area contributed by atoms with E-state index in [2.05, 4.69) is 36.4 Å². The predicted octanol–water partition coefficient (Wildman–Crippen LogP) is 1.91. The van der Waals surface area contributed by atoms with Crippen LogP contribution in [0.15, 0.2) is 4.99 Å². The highest BCUT2D eigenvalue weighted by molar-refractivity contribution is 5.79. The molecule has 1 rings (SSSR count). The first-order valence-corrected chi connectivity index (χ1v) is 6.92. The summed E-state index contributed by atoms with van der Waals surface area (Å²) in [5.74, 6) is 0.930. The fourth-order valence-electron chi connectivity index (χ4n) is 1.85. The van der Waals surface area contributed by atoms with E-state index in [1.807, 2.05) is 0 Å². The van der Waals surface area contributed by atoms with Crippen LogP contribution in [0.4, 0.5) is 0 Å². The second-order valence-corrected chi connectivity index (χ2v) is 4.64. The highest BCUT2D eigenvalue weighted by Gasteiger charge is 2.14. The first-order chi connectivity index (χ1) is 8.26. The third-order valence-electron chi connectivity index (χ3n) is 3.08. The van der Waals surface area contributed by atoms with Crippen LogP contribution in [0.2, 0.25) is 0 Å². The topological polar surface area (TPSA) is 45.7 Å². The molecule has 0 aromatic heterocycles. The van der Waals surface area contributed by atoms with E-state index >= 15 is 0 Å². The van der Waals surface area contributed by atoms with Gasteiger partial charge >= 0.3 is 0 Å². The zero-order valence-electron chi connectivity index (χ0n) is 11.5. The van der Waals surface area contributed by atoms with Gasteiger partial charge in [-0.3, -0.25) is 4.99 Å². The number of hydrogen-bond donors (Lipinski definition) is 2. The average molecular weight is 241 g/mol. The Morgan fingerprint density at radius 2 is 2.29 bits per heavy atom. The van der Waals surface area contributed by atoms with Gasteiger partial charge in [0.1, 0.15) is 0 Å². The summed E-state index contributed by atoms with van der Waals surface area (Å²) in [4.78, 5) is 4.58. The Morgan fingerprint density at radius 3 is 2.88 bits per heavy atom. The van der Waals surface area contributed by atoms with Crippen molar-refractivity contribution in [3.63, 3.8) is 0 Å². The molecule has 1 aliphatic heterocycles. The number of guanidine groups is 1. The number of hydrogen-bond acceptors (Lipinski definition) is 2. The summed E-state index contributed by atoms with van der Waals surface area (Å²) in [6, 6.07) is 0.468. The molecule has 0 bridgehead atoms. The maximum Gasteiger partial charge on any atom is 0.191 e. The second kappa shape index (κ2) is 8.34. The molecule has 1 heterocycles. The molecule has 0 amide bonds. The lowest BCUT2D eigenvalue weighted by Gasteiger charge is -2.16. The van der Waals surface area contributed by atoms with Crippen LogP contribution < -0.4 is 10.6 Å². The highest BCUT2D eigenvalue weighted by atomic mass is 16.5. The Balaban J connectivity index is 2.28. The molecule has 4 heteroatoms. The van der Waals surface area contributed by atoms with E-state index in [-0.39, 0.29) is 0 Å². The molecule has 2 N–H and O–H groups in total. The summed E-state index contributed by atoms with van der Waals surface area (Å²) in [5, 5.41) is 6.66. The molecule has 1 aliphatic rings. The average Bonchev–Trinajstić information content (AvgIpc) is 2.82. The fourth-order valence-corrected chi connectivity index (χ4v) is 1.85. The van der Waals surface area contributed by atoms with Crippen molar-refractivity contribution in [2.45, 2.75) is 58.6 Å². The molecular formula is C13H27N3O. The molecule has 2 unspecified atom stereocenters. The fraction of sp³-hybridized carbons (Fsp3) is 0.923. The zero-order chi connectivity index (χ0) is 12.5. The molecule has 0 aliphatic carbocycles. The highest BCUT2D eigenvalue weighted by Crippen LogP contribution is 2.14. The molecule has 100 valence electrons. The van der Waals surface area contributed by atoms with Crippen molar-refractivity contribution in [1.82, 2.24) is 10.6 Å². The van der Waals surface area contributed by atoms with E-state index in [0.29, 0.717) is 12.1 Å². The lowest BCUT2D eigenvalue weighted by molar-refractivity contribution is 0.106. The van der Waals surface area contributed by atoms with Crippen LogP contribution in [0, 0.1) is 0 Å². The summed E-state index contributed by atoms with van der Waals surface area (Å²) >= 11 is 0. The standard InChI is InChI=1S/C13H27N3O/c1-4-11(3)16-13(14-5-2)15-9-8-12-7-6-10-17-12/h11-12H,4-10H2,1-3H3,(H2,14,15,16). The normalized spacial score (nSPS) is 22.5. The minimum atomic E-state index is 0.435. The van der Waals surface area contributed by atoms with Gasteiger partial charge in [0.2, 0.25) is 0 Å². The Kier molecular flexibility index (Phi) is 7.01. The van der Waals surface area contributed by atoms with Gasteiger partial charge in [-0.25, -0.2) is 0 Å². The van der Waals surface area contributed by atoms with Crippen LogP contribution in [0.25, 0.3) is 0 Å². The maximum absolute atomic E-state index is 5.59. The summed E-state index contributed by atoms with van der Waals surface area (Å²) in [7, 11) is 0. The molecule has 1 fully saturated rings. The van der Waals surface area contributed by atoms with Crippen LogP contribution in [0.1, 0.15) is 46.5 Å². The van der Waals surface area contributed by atoms with Gasteiger partial charge < -0.3 is 15.4 Å². The summed E-state index contributed by atoms with van der Waals surface area (Å²) in [6.45, 7) is 9.12. The smallest absolute Gasteiger partial charge is 0.191 e. The van der Waals surface area contributed by atoms with Gasteiger partial charge in [0.05, 0.1) is 6.10 Å². The van der Waals surface area contributed by atoms with E-state index in [9.17, 15) is 0 Å². The van der Waals surface area contributed by atoms with Crippen molar-refractivity contribution >= 4 is 5.96 Å². The molecule has 17 heavy (non-hydrogen) atoms. The van der Waals surface area contributed by atoms with E-state index in [4.69, 9.17) is 4.74 Å². The van der Waals surface area contributed by atoms with Gasteiger partial charge in [-0.2, -0.15) is 0 Å². The number of rotatable bonds is 6. The van der Waals surface area contributed by atoms with Crippen molar-refractivity contribution in [2.24, 2.45) is 4.99 Å². The Hall–Kier alpha value is -0.770. The minimum absolute atomic E-state index is 0.435. The second-order valence-electron chi connectivity index (χ2n) is 4.64. The van der Waals surface area contributed by atoms with Gasteiger partial charge in [-0.15, -0.1) is 0 Å². The summed E-state index contributed by atoms with van der Waals surface area (Å²) < 4.78 is 5.59. The van der Waals surface area contributed by atoms with E-state index in [1.54, 1.807) is 0 Å². The first-order valence-electron chi connectivity index (χ1n) is 6.92. The number of nitrogens with one attached hydrogen (secondary N) is 2. The molecule has 0 radical (unpaired) electrons. The van der Waals surface area contributed by atoms with Gasteiger partial charge in [-0.05, 0) is 39.5 Å². The van der Waals surface area contributed by atoms with Crippen molar-refractivity contribution in [3.05, 3.63) is 0 Å². The number of aliphatic imine (C=N–C) groups is 1. The molecule has 0 saturated carbocycles. The van der Waals surface area contributed by atoms with E-state index in [1.165, 1.54) is 12.8 Å². The third kappa shape index (κ3) is 5.91. The van der Waals surface area contributed by atoms with Crippen molar-refractivity contribution in [3.8, 4) is 0 Å². The Bertz CT molecular complexity index is 225. The Labute approximate surface area is 105 Å². The molecule has 4 nitrogen and oxygen atoms in total. The van der Waals surface area contributed by atoms with Crippen LogP contribution in [-0.2, 0) is 4.74 Å². The van der Waals surface area contributed by atoms with E-state index in [0.717, 1.165) is 38.5 Å². The molecule has 1 saturated heterocycles. The minimum Gasteiger partial charge on any atom is -0.378 e. The van der Waals surface area contributed by atoms with Gasteiger partial charge in [0, 0.05) is 25.7 Å². The van der Waals surface area contributed by atoms with Crippen molar-refractivity contribution in [2.75, 3.05) is 19.7 Å². The van der Waals surface area contributed by atoms with Gasteiger partial charge in [0.15, 0.2) is 5.96 Å². The summed E-state index contributed by atoms with van der Waals surface area (Å²) in [5.41, 5.74) is 0. The molecule has 2 atom stereocenters. The van der Waals surface area contributed by atoms with Gasteiger partial charge in [0.25, 0.3) is 0 Å². The Morgan fingerprint density at radius 1 is 1.47 bits per heavy atom. The summed E-state index contributed by atoms with van der Waals surface area (Å²) in [6.07, 6.45) is 4.99. The third-order valence-corrected chi connectivity index (χ3v) is 3.08. The lowest BCUT2D eigenvalue weighted by Crippen LogP contribution is -2.42. The quantitative estimate of drug-likeness (QED) is 0.551. The SMILES string of the molecule is CCNC(=NCCC1CCCO1)NC(C)CC. The molecule has 0 aromatic rings. The number of ether oxygens (including phenoxy) is 1. The predicted molar refractivity (Wildman–Crippen MR) is 72.5 cm³/mol. The van der Waals surface area contributed by atoms with Crippen LogP contribution in [-0.4, -0.2) is 37.8 Å². The molecule has 0 aromatic carbocycles.